The normalized spacial score (nSPS) is 25.0. The van der Waals surface area contributed by atoms with Crippen LogP contribution in [0.1, 0.15) is 11.6 Å². The van der Waals surface area contributed by atoms with Gasteiger partial charge >= 0.3 is 0 Å². The van der Waals surface area contributed by atoms with Crippen molar-refractivity contribution in [1.29, 1.82) is 0 Å². The summed E-state index contributed by atoms with van der Waals surface area (Å²) in [6, 6.07) is 17.2. The number of anilines is 2. The first-order valence-corrected chi connectivity index (χ1v) is 8.59. The van der Waals surface area contributed by atoms with E-state index in [0.717, 1.165) is 16.9 Å². The van der Waals surface area contributed by atoms with Crippen LogP contribution in [0, 0.1) is 5.92 Å². The number of hydrogen-bond donors (Lipinski definition) is 0. The quantitative estimate of drug-likeness (QED) is 0.794. The third kappa shape index (κ3) is 2.45. The third-order valence-corrected chi connectivity index (χ3v) is 5.10. The summed E-state index contributed by atoms with van der Waals surface area (Å²) in [6.07, 6.45) is -0.772. The van der Waals surface area contributed by atoms with Gasteiger partial charge in [-0.25, -0.2) is 5.06 Å². The standard InChI is InChI=1S/C20H21N3O3/c1-21(2)14-11-9-13(10-12-14)17-16-18(20(25)22(3)19(16)24)26-23(17)15-7-5-4-6-8-15/h4-12,16-18H,1-3H3/t16-,17+,18+/m0/s1. The molecule has 2 aliphatic rings. The van der Waals surface area contributed by atoms with Gasteiger partial charge in [0.15, 0.2) is 6.10 Å². The van der Waals surface area contributed by atoms with Crippen LogP contribution in [0.3, 0.4) is 0 Å². The number of imide groups is 1. The average molecular weight is 351 g/mol. The van der Waals surface area contributed by atoms with Gasteiger partial charge in [0.05, 0.1) is 11.7 Å². The lowest BCUT2D eigenvalue weighted by Gasteiger charge is -2.28. The molecule has 6 heteroatoms. The second-order valence-electron chi connectivity index (χ2n) is 6.88. The first-order valence-electron chi connectivity index (χ1n) is 8.59. The minimum absolute atomic E-state index is 0.194. The molecule has 6 nitrogen and oxygen atoms in total. The number of carbonyl (C=O) groups excluding carboxylic acids is 2. The van der Waals surface area contributed by atoms with Gasteiger partial charge < -0.3 is 4.90 Å². The molecule has 0 spiro atoms. The molecule has 2 aromatic carbocycles. The smallest absolute Gasteiger partial charge is 0.261 e. The van der Waals surface area contributed by atoms with Crippen molar-refractivity contribution in [3.05, 3.63) is 60.2 Å². The number of para-hydroxylation sites is 1. The minimum Gasteiger partial charge on any atom is -0.378 e. The van der Waals surface area contributed by atoms with Crippen LogP contribution in [-0.4, -0.2) is 44.0 Å². The molecule has 2 amide bonds. The Labute approximate surface area is 152 Å². The van der Waals surface area contributed by atoms with Crippen LogP contribution in [0.4, 0.5) is 11.4 Å². The lowest BCUT2D eigenvalue weighted by molar-refractivity contribution is -0.141. The zero-order chi connectivity index (χ0) is 18.4. The van der Waals surface area contributed by atoms with Crippen LogP contribution in [0.25, 0.3) is 0 Å². The number of carbonyl (C=O) groups is 2. The summed E-state index contributed by atoms with van der Waals surface area (Å²) < 4.78 is 0. The van der Waals surface area contributed by atoms with Gasteiger partial charge in [-0.15, -0.1) is 0 Å². The maximum Gasteiger partial charge on any atom is 0.261 e. The minimum atomic E-state index is -0.772. The molecule has 0 N–H and O–H groups in total. The number of hydroxylamine groups is 1. The van der Waals surface area contributed by atoms with Gasteiger partial charge in [0.2, 0.25) is 5.91 Å². The molecule has 4 rings (SSSR count). The highest BCUT2D eigenvalue weighted by atomic mass is 16.7. The van der Waals surface area contributed by atoms with Gasteiger partial charge in [0.1, 0.15) is 5.92 Å². The molecular weight excluding hydrogens is 330 g/mol. The van der Waals surface area contributed by atoms with Crippen LogP contribution in [0.5, 0.6) is 0 Å². The van der Waals surface area contributed by atoms with Crippen molar-refractivity contribution in [3.8, 4) is 0 Å². The first kappa shape index (κ1) is 16.6. The molecule has 0 unspecified atom stereocenters. The van der Waals surface area contributed by atoms with E-state index >= 15 is 0 Å². The number of fused-ring (bicyclic) bond motifs is 1. The highest BCUT2D eigenvalue weighted by molar-refractivity contribution is 6.07. The summed E-state index contributed by atoms with van der Waals surface area (Å²) in [5, 5.41) is 1.71. The van der Waals surface area contributed by atoms with E-state index < -0.39 is 12.0 Å². The summed E-state index contributed by atoms with van der Waals surface area (Å²) in [4.78, 5) is 34.3. The van der Waals surface area contributed by atoms with Crippen LogP contribution in [0.2, 0.25) is 0 Å². The second-order valence-corrected chi connectivity index (χ2v) is 6.88. The van der Waals surface area contributed by atoms with Gasteiger partial charge in [-0.3, -0.25) is 19.3 Å². The summed E-state index contributed by atoms with van der Waals surface area (Å²) >= 11 is 0. The SMILES string of the molecule is CN1C(=O)[C@H]2[C@@H](c3ccc(N(C)C)cc3)N(c3ccccc3)O[C@H]2C1=O. The summed E-state index contributed by atoms with van der Waals surface area (Å²) in [5.74, 6) is -1.02. The largest absolute Gasteiger partial charge is 0.378 e. The van der Waals surface area contributed by atoms with Crippen molar-refractivity contribution in [3.63, 3.8) is 0 Å². The van der Waals surface area contributed by atoms with Crippen molar-refractivity contribution in [2.45, 2.75) is 12.1 Å². The highest BCUT2D eigenvalue weighted by Crippen LogP contribution is 2.46. The summed E-state index contributed by atoms with van der Waals surface area (Å²) in [5.41, 5.74) is 2.84. The van der Waals surface area contributed by atoms with Gasteiger partial charge in [-0.05, 0) is 29.8 Å². The highest BCUT2D eigenvalue weighted by Gasteiger charge is 2.58. The lowest BCUT2D eigenvalue weighted by Crippen LogP contribution is -2.34. The molecule has 2 fully saturated rings. The zero-order valence-corrected chi connectivity index (χ0v) is 15.0. The molecule has 2 aromatic rings. The Kier molecular flexibility index (Phi) is 3.92. The molecule has 2 aliphatic heterocycles. The Balaban J connectivity index is 1.78. The first-order chi connectivity index (χ1) is 12.5. The Morgan fingerprint density at radius 3 is 2.19 bits per heavy atom. The molecule has 0 aromatic heterocycles. The number of rotatable bonds is 3. The molecule has 3 atom stereocenters. The van der Waals surface area contributed by atoms with Gasteiger partial charge in [-0.2, -0.15) is 0 Å². The predicted octanol–water partition coefficient (Wildman–Crippen LogP) is 2.23. The van der Waals surface area contributed by atoms with Crippen molar-refractivity contribution in [1.82, 2.24) is 4.90 Å². The van der Waals surface area contributed by atoms with E-state index in [1.807, 2.05) is 73.6 Å². The number of likely N-dealkylation sites (N-methyl/N-ethyl adjacent to an activating group) is 1. The fourth-order valence-electron chi connectivity index (χ4n) is 3.66. The molecule has 2 heterocycles. The monoisotopic (exact) mass is 351 g/mol. The Bertz CT molecular complexity index is 835. The fraction of sp³-hybridized carbons (Fsp3) is 0.300. The van der Waals surface area contributed by atoms with Crippen LogP contribution < -0.4 is 9.96 Å². The predicted molar refractivity (Wildman–Crippen MR) is 98.6 cm³/mol. The Hall–Kier alpha value is -2.86. The van der Waals surface area contributed by atoms with Crippen molar-refractivity contribution in [2.24, 2.45) is 5.92 Å². The summed E-state index contributed by atoms with van der Waals surface area (Å²) in [6.45, 7) is 0. The van der Waals surface area contributed by atoms with Crippen LogP contribution >= 0.6 is 0 Å². The second kappa shape index (κ2) is 6.14. The summed E-state index contributed by atoms with van der Waals surface area (Å²) in [7, 11) is 5.48. The molecule has 0 bridgehead atoms. The van der Waals surface area contributed by atoms with Crippen LogP contribution in [-0.2, 0) is 14.4 Å². The molecular formula is C20H21N3O3. The molecule has 0 radical (unpaired) electrons. The van der Waals surface area contributed by atoms with E-state index in [2.05, 4.69) is 0 Å². The lowest BCUT2D eigenvalue weighted by atomic mass is 9.90. The molecule has 134 valence electrons. The maximum absolute atomic E-state index is 12.7. The average Bonchev–Trinajstić information content (AvgIpc) is 3.15. The van der Waals surface area contributed by atoms with Gasteiger partial charge in [0, 0.05) is 26.8 Å². The molecule has 2 saturated heterocycles. The Morgan fingerprint density at radius 2 is 1.58 bits per heavy atom. The van der Waals surface area contributed by atoms with E-state index in [1.165, 1.54) is 11.9 Å². The van der Waals surface area contributed by atoms with Crippen LogP contribution in [0.15, 0.2) is 54.6 Å². The van der Waals surface area contributed by atoms with E-state index in [-0.39, 0.29) is 17.9 Å². The van der Waals surface area contributed by atoms with Gasteiger partial charge in [-0.1, -0.05) is 30.3 Å². The van der Waals surface area contributed by atoms with E-state index in [4.69, 9.17) is 4.84 Å². The van der Waals surface area contributed by atoms with Crippen molar-refractivity contribution >= 4 is 23.2 Å². The zero-order valence-electron chi connectivity index (χ0n) is 15.0. The number of amides is 2. The Morgan fingerprint density at radius 1 is 0.923 bits per heavy atom. The van der Waals surface area contributed by atoms with E-state index in [9.17, 15) is 9.59 Å². The maximum atomic E-state index is 12.7. The number of benzene rings is 2. The van der Waals surface area contributed by atoms with Crippen molar-refractivity contribution < 1.29 is 14.4 Å². The number of likely N-dealkylation sites (tertiary alicyclic amines) is 1. The van der Waals surface area contributed by atoms with E-state index in [1.54, 1.807) is 5.06 Å². The number of nitrogens with zero attached hydrogens (tertiary/aromatic N) is 3. The fourth-order valence-corrected chi connectivity index (χ4v) is 3.66. The topological polar surface area (TPSA) is 53.1 Å². The van der Waals surface area contributed by atoms with Gasteiger partial charge in [0.25, 0.3) is 5.91 Å². The molecule has 0 saturated carbocycles. The van der Waals surface area contributed by atoms with Crippen molar-refractivity contribution in [2.75, 3.05) is 31.1 Å². The number of hydrogen-bond acceptors (Lipinski definition) is 5. The third-order valence-electron chi connectivity index (χ3n) is 5.10. The van der Waals surface area contributed by atoms with E-state index in [0.29, 0.717) is 0 Å². The molecule has 26 heavy (non-hydrogen) atoms. The molecule has 0 aliphatic carbocycles.